The lowest BCUT2D eigenvalue weighted by Crippen LogP contribution is -2.29. The maximum Gasteiger partial charge on any atom is 0.224 e. The standard InChI is InChI=1S/C28H25BrN4O2S/c1-3-25(34)31-21-12-11-20(16-17(21)2)33-27(26(32-28(33)36)22-6-4-5-15-30-22)24-14-13-23(35-24)18-7-9-19(29)10-8-18/h4-16,26-27H,3H2,1-2H3,(H,31,34)(H,32,36)/t26-,27-/m0/s1. The number of hydrogen-bond donors (Lipinski definition) is 2. The summed E-state index contributed by atoms with van der Waals surface area (Å²) in [4.78, 5) is 18.6. The molecular weight excluding hydrogens is 536 g/mol. The molecule has 3 heterocycles. The number of benzene rings is 2. The van der Waals surface area contributed by atoms with Gasteiger partial charge in [-0.15, -0.1) is 0 Å². The van der Waals surface area contributed by atoms with E-state index in [4.69, 9.17) is 16.6 Å². The van der Waals surface area contributed by atoms with Crippen molar-refractivity contribution in [1.82, 2.24) is 10.3 Å². The number of furan rings is 1. The van der Waals surface area contributed by atoms with Crippen molar-refractivity contribution in [3.05, 3.63) is 100 Å². The van der Waals surface area contributed by atoms with Crippen LogP contribution in [-0.2, 0) is 4.79 Å². The zero-order chi connectivity index (χ0) is 25.2. The molecule has 4 aromatic rings. The fourth-order valence-electron chi connectivity index (χ4n) is 4.38. The van der Waals surface area contributed by atoms with Crippen molar-refractivity contribution in [3.63, 3.8) is 0 Å². The lowest BCUT2D eigenvalue weighted by atomic mass is 10.0. The third kappa shape index (κ3) is 4.79. The van der Waals surface area contributed by atoms with Crippen molar-refractivity contribution >= 4 is 50.5 Å². The molecule has 1 fully saturated rings. The van der Waals surface area contributed by atoms with Gasteiger partial charge >= 0.3 is 0 Å². The van der Waals surface area contributed by atoms with E-state index in [-0.39, 0.29) is 18.0 Å². The number of carbonyl (C=O) groups excluding carboxylic acids is 1. The summed E-state index contributed by atoms with van der Waals surface area (Å²) in [5, 5.41) is 7.00. The lowest BCUT2D eigenvalue weighted by molar-refractivity contribution is -0.115. The van der Waals surface area contributed by atoms with E-state index in [1.807, 2.05) is 86.6 Å². The molecule has 8 heteroatoms. The number of carbonyl (C=O) groups is 1. The summed E-state index contributed by atoms with van der Waals surface area (Å²) in [6, 6.07) is 23.3. The van der Waals surface area contributed by atoms with Crippen LogP contribution in [0.5, 0.6) is 0 Å². The van der Waals surface area contributed by atoms with Crippen LogP contribution in [0.3, 0.4) is 0 Å². The first-order valence-electron chi connectivity index (χ1n) is 11.7. The molecular formula is C28H25BrN4O2S. The highest BCUT2D eigenvalue weighted by molar-refractivity contribution is 9.10. The van der Waals surface area contributed by atoms with Crippen LogP contribution in [0, 0.1) is 6.92 Å². The van der Waals surface area contributed by atoms with Gasteiger partial charge < -0.3 is 20.0 Å². The van der Waals surface area contributed by atoms with Crippen LogP contribution in [0.4, 0.5) is 11.4 Å². The summed E-state index contributed by atoms with van der Waals surface area (Å²) < 4.78 is 7.44. The van der Waals surface area contributed by atoms with Crippen molar-refractivity contribution in [2.45, 2.75) is 32.4 Å². The summed E-state index contributed by atoms with van der Waals surface area (Å²) >= 11 is 9.32. The molecule has 2 atom stereocenters. The average Bonchev–Trinajstić information content (AvgIpc) is 3.51. The van der Waals surface area contributed by atoms with Crippen LogP contribution < -0.4 is 15.5 Å². The minimum absolute atomic E-state index is 0.0200. The topological polar surface area (TPSA) is 70.4 Å². The number of rotatable bonds is 6. The Morgan fingerprint density at radius 3 is 2.64 bits per heavy atom. The predicted octanol–water partition coefficient (Wildman–Crippen LogP) is 6.94. The highest BCUT2D eigenvalue weighted by Gasteiger charge is 2.42. The maximum atomic E-state index is 11.9. The second kappa shape index (κ2) is 10.2. The Hall–Kier alpha value is -3.49. The molecule has 36 heavy (non-hydrogen) atoms. The minimum atomic E-state index is -0.257. The molecule has 0 aliphatic carbocycles. The van der Waals surface area contributed by atoms with E-state index in [2.05, 4.69) is 36.4 Å². The molecule has 1 saturated heterocycles. The van der Waals surface area contributed by atoms with Crippen LogP contribution in [0.1, 0.15) is 42.4 Å². The number of aryl methyl sites for hydroxylation is 1. The van der Waals surface area contributed by atoms with Gasteiger partial charge in [-0.1, -0.05) is 41.1 Å². The van der Waals surface area contributed by atoms with Gasteiger partial charge in [0.2, 0.25) is 5.91 Å². The van der Waals surface area contributed by atoms with E-state index in [1.54, 1.807) is 6.20 Å². The number of aromatic nitrogens is 1. The largest absolute Gasteiger partial charge is 0.459 e. The first-order valence-corrected chi connectivity index (χ1v) is 12.9. The number of amides is 1. The van der Waals surface area contributed by atoms with Crippen molar-refractivity contribution in [3.8, 4) is 11.3 Å². The van der Waals surface area contributed by atoms with Crippen LogP contribution in [-0.4, -0.2) is 16.0 Å². The molecule has 0 saturated carbocycles. The molecule has 2 N–H and O–H groups in total. The fourth-order valence-corrected chi connectivity index (χ4v) is 4.99. The second-order valence-corrected chi connectivity index (χ2v) is 9.91. The number of pyridine rings is 1. The Kier molecular flexibility index (Phi) is 6.89. The molecule has 2 aromatic carbocycles. The summed E-state index contributed by atoms with van der Waals surface area (Å²) in [6.45, 7) is 3.81. The summed E-state index contributed by atoms with van der Waals surface area (Å²) in [5.74, 6) is 1.54. The zero-order valence-electron chi connectivity index (χ0n) is 19.9. The summed E-state index contributed by atoms with van der Waals surface area (Å²) in [7, 11) is 0. The Morgan fingerprint density at radius 1 is 1.14 bits per heavy atom. The maximum absolute atomic E-state index is 11.9. The van der Waals surface area contributed by atoms with E-state index in [0.29, 0.717) is 11.5 Å². The first kappa shape index (κ1) is 24.2. The van der Waals surface area contributed by atoms with Gasteiger partial charge in [0, 0.05) is 34.0 Å². The third-order valence-electron chi connectivity index (χ3n) is 6.23. The Morgan fingerprint density at radius 2 is 1.94 bits per heavy atom. The molecule has 0 bridgehead atoms. The summed E-state index contributed by atoms with van der Waals surface area (Å²) in [5.41, 5.74) is 4.51. The number of nitrogens with zero attached hydrogens (tertiary/aromatic N) is 2. The van der Waals surface area contributed by atoms with Crippen LogP contribution in [0.25, 0.3) is 11.3 Å². The lowest BCUT2D eigenvalue weighted by Gasteiger charge is -2.26. The molecule has 5 rings (SSSR count). The van der Waals surface area contributed by atoms with E-state index < -0.39 is 0 Å². The number of anilines is 2. The van der Waals surface area contributed by atoms with Crippen molar-refractivity contribution in [2.24, 2.45) is 0 Å². The predicted molar refractivity (Wildman–Crippen MR) is 150 cm³/mol. The molecule has 1 amide bonds. The van der Waals surface area contributed by atoms with E-state index in [9.17, 15) is 4.79 Å². The third-order valence-corrected chi connectivity index (χ3v) is 7.07. The quantitative estimate of drug-likeness (QED) is 0.249. The van der Waals surface area contributed by atoms with Crippen molar-refractivity contribution in [1.29, 1.82) is 0 Å². The Bertz CT molecular complexity index is 1400. The van der Waals surface area contributed by atoms with Crippen LogP contribution >= 0.6 is 28.1 Å². The highest BCUT2D eigenvalue weighted by Crippen LogP contribution is 2.43. The number of nitrogens with one attached hydrogen (secondary N) is 2. The molecule has 1 aliphatic rings. The summed E-state index contributed by atoms with van der Waals surface area (Å²) in [6.07, 6.45) is 2.21. The normalized spacial score (nSPS) is 17.2. The van der Waals surface area contributed by atoms with Gasteiger partial charge in [0.25, 0.3) is 0 Å². The molecule has 6 nitrogen and oxygen atoms in total. The zero-order valence-corrected chi connectivity index (χ0v) is 22.3. The number of thiocarbonyl (C=S) groups is 1. The van der Waals surface area contributed by atoms with E-state index in [1.165, 1.54) is 0 Å². The molecule has 0 radical (unpaired) electrons. The van der Waals surface area contributed by atoms with Gasteiger partial charge in [-0.3, -0.25) is 9.78 Å². The van der Waals surface area contributed by atoms with Crippen LogP contribution in [0.2, 0.25) is 0 Å². The van der Waals surface area contributed by atoms with Gasteiger partial charge in [0.05, 0.1) is 11.7 Å². The second-order valence-electron chi connectivity index (χ2n) is 8.61. The first-order chi connectivity index (χ1) is 17.4. The SMILES string of the molecule is CCC(=O)Nc1ccc(N2C(=S)N[C@@H](c3ccccn3)[C@@H]2c2ccc(-c3ccc(Br)cc3)o2)cc1C. The average molecular weight is 562 g/mol. The van der Waals surface area contributed by atoms with Crippen molar-refractivity contribution in [2.75, 3.05) is 10.2 Å². The molecule has 0 unspecified atom stereocenters. The highest BCUT2D eigenvalue weighted by atomic mass is 79.9. The Labute approximate surface area is 223 Å². The number of hydrogen-bond acceptors (Lipinski definition) is 4. The van der Waals surface area contributed by atoms with Gasteiger partial charge in [-0.05, 0) is 79.3 Å². The van der Waals surface area contributed by atoms with Gasteiger partial charge in [-0.25, -0.2) is 0 Å². The van der Waals surface area contributed by atoms with E-state index in [0.717, 1.165) is 44.2 Å². The molecule has 0 spiro atoms. The fraction of sp³-hybridized carbons (Fsp3) is 0.179. The minimum Gasteiger partial charge on any atom is -0.459 e. The molecule has 182 valence electrons. The Balaban J connectivity index is 1.55. The van der Waals surface area contributed by atoms with Gasteiger partial charge in [0.1, 0.15) is 17.6 Å². The van der Waals surface area contributed by atoms with Crippen LogP contribution in [0.15, 0.2) is 87.9 Å². The molecule has 2 aromatic heterocycles. The smallest absolute Gasteiger partial charge is 0.224 e. The molecule has 1 aliphatic heterocycles. The van der Waals surface area contributed by atoms with Gasteiger partial charge in [0.15, 0.2) is 5.11 Å². The monoisotopic (exact) mass is 560 g/mol. The van der Waals surface area contributed by atoms with Crippen molar-refractivity contribution < 1.29 is 9.21 Å². The number of halogens is 1. The van der Waals surface area contributed by atoms with E-state index >= 15 is 0 Å². The van der Waals surface area contributed by atoms with Gasteiger partial charge in [-0.2, -0.15) is 0 Å².